The van der Waals surface area contributed by atoms with Gasteiger partial charge in [0.05, 0.1) is 18.8 Å². The van der Waals surface area contributed by atoms with Gasteiger partial charge in [0.25, 0.3) is 0 Å². The van der Waals surface area contributed by atoms with Gasteiger partial charge in [-0.25, -0.2) is 0 Å². The van der Waals surface area contributed by atoms with Crippen LogP contribution in [-0.2, 0) is 11.3 Å². The molecule has 1 heterocycles. The van der Waals surface area contributed by atoms with Gasteiger partial charge in [-0.3, -0.25) is 9.69 Å². The fourth-order valence-corrected chi connectivity index (χ4v) is 2.69. The fourth-order valence-electron chi connectivity index (χ4n) is 2.69. The summed E-state index contributed by atoms with van der Waals surface area (Å²) >= 11 is 0. The van der Waals surface area contributed by atoms with Gasteiger partial charge in [0, 0.05) is 32.7 Å². The molecule has 6 heteroatoms. The van der Waals surface area contributed by atoms with E-state index in [-0.39, 0.29) is 6.54 Å². The Labute approximate surface area is 131 Å². The monoisotopic (exact) mass is 307 g/mol. The Morgan fingerprint density at radius 2 is 2.14 bits per heavy atom. The van der Waals surface area contributed by atoms with E-state index in [1.807, 2.05) is 13.0 Å². The largest absolute Gasteiger partial charge is 0.492 e. The van der Waals surface area contributed by atoms with Gasteiger partial charge in [0.2, 0.25) is 0 Å². The summed E-state index contributed by atoms with van der Waals surface area (Å²) in [5.41, 5.74) is 2.18. The predicted octanol–water partition coefficient (Wildman–Crippen LogP) is 1.01. The normalized spacial score (nSPS) is 15.1. The van der Waals surface area contributed by atoms with Crippen LogP contribution in [-0.4, -0.2) is 62.4 Å². The number of aliphatic carboxylic acids is 1. The van der Waals surface area contributed by atoms with E-state index in [0.29, 0.717) is 13.2 Å². The lowest BCUT2D eigenvalue weighted by molar-refractivity contribution is -0.138. The van der Waals surface area contributed by atoms with Crippen LogP contribution in [0, 0.1) is 0 Å². The Bertz CT molecular complexity index is 501. The first-order chi connectivity index (χ1) is 10.6. The molecule has 1 saturated heterocycles. The van der Waals surface area contributed by atoms with Crippen molar-refractivity contribution in [3.05, 3.63) is 23.8 Å². The number of anilines is 1. The number of benzene rings is 1. The minimum Gasteiger partial charge on any atom is -0.492 e. The SMILES string of the molecule is CCOc1cc(CN(C)CC(=O)O)ccc1N1CCNCC1. The molecule has 2 rings (SSSR count). The van der Waals surface area contributed by atoms with Crippen molar-refractivity contribution in [2.45, 2.75) is 13.5 Å². The molecule has 0 amide bonds. The van der Waals surface area contributed by atoms with E-state index >= 15 is 0 Å². The molecule has 0 unspecified atom stereocenters. The molecule has 0 radical (unpaired) electrons. The number of hydrogen-bond donors (Lipinski definition) is 2. The average Bonchev–Trinajstić information content (AvgIpc) is 2.48. The van der Waals surface area contributed by atoms with Gasteiger partial charge in [-0.15, -0.1) is 0 Å². The summed E-state index contributed by atoms with van der Waals surface area (Å²) in [5.74, 6) is 0.0654. The molecular formula is C16H25N3O3. The van der Waals surface area contributed by atoms with E-state index < -0.39 is 5.97 Å². The molecule has 0 aliphatic carbocycles. The van der Waals surface area contributed by atoms with Crippen LogP contribution in [0.3, 0.4) is 0 Å². The van der Waals surface area contributed by atoms with E-state index in [1.165, 1.54) is 0 Å². The highest BCUT2D eigenvalue weighted by atomic mass is 16.5. The second-order valence-corrected chi connectivity index (χ2v) is 5.54. The van der Waals surface area contributed by atoms with Gasteiger partial charge in [-0.05, 0) is 31.7 Å². The third kappa shape index (κ3) is 4.61. The van der Waals surface area contributed by atoms with Crippen molar-refractivity contribution >= 4 is 11.7 Å². The highest BCUT2D eigenvalue weighted by Gasteiger charge is 2.16. The summed E-state index contributed by atoms with van der Waals surface area (Å²) < 4.78 is 5.80. The summed E-state index contributed by atoms with van der Waals surface area (Å²) in [6.45, 7) is 7.12. The van der Waals surface area contributed by atoms with Crippen LogP contribution in [0.2, 0.25) is 0 Å². The van der Waals surface area contributed by atoms with Crippen LogP contribution in [0.15, 0.2) is 18.2 Å². The van der Waals surface area contributed by atoms with Crippen LogP contribution in [0.25, 0.3) is 0 Å². The molecule has 2 N–H and O–H groups in total. The number of piperazine rings is 1. The van der Waals surface area contributed by atoms with E-state index in [4.69, 9.17) is 9.84 Å². The summed E-state index contributed by atoms with van der Waals surface area (Å²) in [5, 5.41) is 12.2. The quantitative estimate of drug-likeness (QED) is 0.784. The minimum absolute atomic E-state index is 0.0313. The minimum atomic E-state index is -0.815. The van der Waals surface area contributed by atoms with Crippen molar-refractivity contribution < 1.29 is 14.6 Å². The Hall–Kier alpha value is -1.79. The summed E-state index contributed by atoms with van der Waals surface area (Å²) in [4.78, 5) is 14.9. The number of nitrogens with zero attached hydrogens (tertiary/aromatic N) is 2. The standard InChI is InChI=1S/C16H25N3O3/c1-3-22-15-10-13(11-18(2)12-16(20)21)4-5-14(15)19-8-6-17-7-9-19/h4-5,10,17H,3,6-9,11-12H2,1-2H3,(H,20,21). The number of rotatable bonds is 7. The Kier molecular flexibility index (Phi) is 6.03. The van der Waals surface area contributed by atoms with E-state index in [1.54, 1.807) is 11.9 Å². The fraction of sp³-hybridized carbons (Fsp3) is 0.562. The molecule has 1 aliphatic rings. The first-order valence-corrected chi connectivity index (χ1v) is 7.72. The zero-order valence-corrected chi connectivity index (χ0v) is 13.3. The van der Waals surface area contributed by atoms with E-state index in [0.717, 1.165) is 43.2 Å². The van der Waals surface area contributed by atoms with Crippen molar-refractivity contribution in [1.82, 2.24) is 10.2 Å². The lowest BCUT2D eigenvalue weighted by Gasteiger charge is -2.31. The van der Waals surface area contributed by atoms with Crippen molar-refractivity contribution in [2.24, 2.45) is 0 Å². The lowest BCUT2D eigenvalue weighted by Crippen LogP contribution is -2.43. The smallest absolute Gasteiger partial charge is 0.317 e. The number of carboxylic acid groups (broad SMARTS) is 1. The number of carboxylic acids is 1. The molecule has 0 aromatic heterocycles. The summed E-state index contributed by atoms with van der Waals surface area (Å²) in [6.07, 6.45) is 0. The topological polar surface area (TPSA) is 65.0 Å². The first-order valence-electron chi connectivity index (χ1n) is 7.72. The molecule has 0 spiro atoms. The molecule has 1 aromatic carbocycles. The number of carbonyl (C=O) groups is 1. The van der Waals surface area contributed by atoms with Crippen LogP contribution in [0.4, 0.5) is 5.69 Å². The Morgan fingerprint density at radius 3 is 2.77 bits per heavy atom. The molecule has 122 valence electrons. The Morgan fingerprint density at radius 1 is 1.41 bits per heavy atom. The van der Waals surface area contributed by atoms with Crippen molar-refractivity contribution in [1.29, 1.82) is 0 Å². The maximum Gasteiger partial charge on any atom is 0.317 e. The van der Waals surface area contributed by atoms with Crippen LogP contribution < -0.4 is 15.0 Å². The lowest BCUT2D eigenvalue weighted by atomic mass is 10.1. The maximum absolute atomic E-state index is 10.8. The highest BCUT2D eigenvalue weighted by Crippen LogP contribution is 2.30. The molecule has 0 saturated carbocycles. The number of hydrogen-bond acceptors (Lipinski definition) is 5. The predicted molar refractivity (Wildman–Crippen MR) is 86.7 cm³/mol. The molecule has 0 bridgehead atoms. The third-order valence-corrected chi connectivity index (χ3v) is 3.64. The number of nitrogens with one attached hydrogen (secondary N) is 1. The molecule has 22 heavy (non-hydrogen) atoms. The van der Waals surface area contributed by atoms with Crippen molar-refractivity contribution in [3.8, 4) is 5.75 Å². The second-order valence-electron chi connectivity index (χ2n) is 5.54. The number of likely N-dealkylation sites (N-methyl/N-ethyl adjacent to an activating group) is 1. The van der Waals surface area contributed by atoms with Crippen molar-refractivity contribution in [2.75, 3.05) is 51.3 Å². The van der Waals surface area contributed by atoms with E-state index in [9.17, 15) is 4.79 Å². The summed E-state index contributed by atoms with van der Waals surface area (Å²) in [6, 6.07) is 6.16. The van der Waals surface area contributed by atoms with Crippen LogP contribution in [0.1, 0.15) is 12.5 Å². The molecular weight excluding hydrogens is 282 g/mol. The molecule has 1 aliphatic heterocycles. The van der Waals surface area contributed by atoms with Gasteiger partial charge in [0.15, 0.2) is 0 Å². The number of ether oxygens (including phenoxy) is 1. The van der Waals surface area contributed by atoms with Gasteiger partial charge in [-0.2, -0.15) is 0 Å². The van der Waals surface area contributed by atoms with Gasteiger partial charge < -0.3 is 20.1 Å². The van der Waals surface area contributed by atoms with Gasteiger partial charge in [0.1, 0.15) is 5.75 Å². The zero-order valence-electron chi connectivity index (χ0n) is 13.3. The van der Waals surface area contributed by atoms with Crippen LogP contribution in [0.5, 0.6) is 5.75 Å². The third-order valence-electron chi connectivity index (χ3n) is 3.64. The molecule has 6 nitrogen and oxygen atoms in total. The maximum atomic E-state index is 10.8. The Balaban J connectivity index is 2.13. The molecule has 1 fully saturated rings. The average molecular weight is 307 g/mol. The van der Waals surface area contributed by atoms with Crippen LogP contribution >= 0.6 is 0 Å². The molecule has 0 atom stereocenters. The van der Waals surface area contributed by atoms with Gasteiger partial charge in [-0.1, -0.05) is 6.07 Å². The molecule has 1 aromatic rings. The second kappa shape index (κ2) is 8.00. The van der Waals surface area contributed by atoms with Gasteiger partial charge >= 0.3 is 5.97 Å². The summed E-state index contributed by atoms with van der Waals surface area (Å²) in [7, 11) is 1.80. The van der Waals surface area contributed by atoms with E-state index in [2.05, 4.69) is 22.3 Å². The zero-order chi connectivity index (χ0) is 15.9. The van der Waals surface area contributed by atoms with Crippen molar-refractivity contribution in [3.63, 3.8) is 0 Å². The highest BCUT2D eigenvalue weighted by molar-refractivity contribution is 5.69. The first kappa shape index (κ1) is 16.6.